The number of nitrogens with zero attached hydrogens (tertiary/aromatic N) is 3. The molecule has 0 aromatic heterocycles. The molecule has 0 aromatic rings. The summed E-state index contributed by atoms with van der Waals surface area (Å²) in [5, 5.41) is 5.34. The molecule has 0 radical (unpaired) electrons. The van der Waals surface area contributed by atoms with Gasteiger partial charge in [0.15, 0.2) is 5.17 Å². The van der Waals surface area contributed by atoms with Gasteiger partial charge in [-0.15, -0.1) is 5.10 Å². The maximum Gasteiger partial charge on any atom is 0.264 e. The summed E-state index contributed by atoms with van der Waals surface area (Å²) in [7, 11) is 0. The predicted octanol–water partition coefficient (Wildman–Crippen LogP) is -0.286. The molecule has 0 saturated heterocycles. The number of amides is 2. The largest absolute Gasteiger partial charge is 0.376 e. The summed E-state index contributed by atoms with van der Waals surface area (Å²) >= 11 is 1.02. The number of aliphatic imine (C=N–C) groups is 1. The number of hydrogen-bond donors (Lipinski definition) is 1. The standard InChI is InChI=1S/C7H8N4O2S/c1-7(2)3(12)9-6-11(4(7)13)10-5(8)14-6/h1-2H3,(H2,8,10). The minimum Gasteiger partial charge on any atom is -0.376 e. The zero-order valence-corrected chi connectivity index (χ0v) is 8.46. The molecule has 2 aliphatic heterocycles. The third-order valence-corrected chi connectivity index (χ3v) is 2.77. The highest BCUT2D eigenvalue weighted by molar-refractivity contribution is 8.26. The lowest BCUT2D eigenvalue weighted by molar-refractivity contribution is -0.145. The number of hydrazone groups is 1. The molecule has 74 valence electrons. The van der Waals surface area contributed by atoms with Crippen molar-refractivity contribution in [2.45, 2.75) is 13.8 Å². The normalized spacial score (nSPS) is 24.6. The fourth-order valence-electron chi connectivity index (χ4n) is 1.08. The number of hydrogen-bond acceptors (Lipinski definition) is 5. The van der Waals surface area contributed by atoms with Crippen LogP contribution >= 0.6 is 11.8 Å². The Labute approximate surface area is 84.2 Å². The molecule has 6 nitrogen and oxygen atoms in total. The van der Waals surface area contributed by atoms with Crippen LogP contribution < -0.4 is 5.73 Å². The molecule has 2 N–H and O–H groups in total. The van der Waals surface area contributed by atoms with E-state index in [9.17, 15) is 9.59 Å². The van der Waals surface area contributed by atoms with Gasteiger partial charge in [-0.2, -0.15) is 10.0 Å². The summed E-state index contributed by atoms with van der Waals surface area (Å²) in [4.78, 5) is 26.9. The maximum atomic E-state index is 11.7. The van der Waals surface area contributed by atoms with Crippen molar-refractivity contribution >= 4 is 33.9 Å². The molecule has 2 heterocycles. The Balaban J connectivity index is 2.49. The molecular formula is C7H8N4O2S. The van der Waals surface area contributed by atoms with Crippen molar-refractivity contribution in [1.29, 1.82) is 0 Å². The average molecular weight is 212 g/mol. The van der Waals surface area contributed by atoms with Crippen LogP contribution in [0.1, 0.15) is 13.8 Å². The second kappa shape index (κ2) is 2.57. The number of carbonyl (C=O) groups excluding carboxylic acids is 2. The second-order valence-electron chi connectivity index (χ2n) is 3.48. The van der Waals surface area contributed by atoms with Gasteiger partial charge in [0.05, 0.1) is 0 Å². The summed E-state index contributed by atoms with van der Waals surface area (Å²) in [5.74, 6) is -0.841. The van der Waals surface area contributed by atoms with Gasteiger partial charge < -0.3 is 5.73 Å². The van der Waals surface area contributed by atoms with Crippen LogP contribution in [0.15, 0.2) is 10.1 Å². The Morgan fingerprint density at radius 1 is 1.43 bits per heavy atom. The number of rotatable bonds is 0. The van der Waals surface area contributed by atoms with Crippen molar-refractivity contribution in [2.24, 2.45) is 21.2 Å². The van der Waals surface area contributed by atoms with Gasteiger partial charge in [-0.05, 0) is 25.6 Å². The van der Waals surface area contributed by atoms with Gasteiger partial charge in [-0.1, -0.05) is 0 Å². The minimum atomic E-state index is -1.14. The molecule has 0 saturated carbocycles. The summed E-state index contributed by atoms with van der Waals surface area (Å²) in [6.07, 6.45) is 0. The molecule has 0 atom stereocenters. The van der Waals surface area contributed by atoms with E-state index in [1.165, 1.54) is 13.8 Å². The molecule has 0 bridgehead atoms. The lowest BCUT2D eigenvalue weighted by atomic mass is 9.90. The molecule has 2 aliphatic rings. The lowest BCUT2D eigenvalue weighted by Gasteiger charge is -2.27. The Morgan fingerprint density at radius 3 is 2.71 bits per heavy atom. The van der Waals surface area contributed by atoms with Crippen LogP contribution in [0.5, 0.6) is 0 Å². The topological polar surface area (TPSA) is 88.1 Å². The van der Waals surface area contributed by atoms with E-state index < -0.39 is 11.3 Å². The summed E-state index contributed by atoms with van der Waals surface area (Å²) in [5.41, 5.74) is 4.28. The zero-order chi connectivity index (χ0) is 10.5. The van der Waals surface area contributed by atoms with Crippen molar-refractivity contribution in [1.82, 2.24) is 5.01 Å². The van der Waals surface area contributed by atoms with E-state index in [1.807, 2.05) is 0 Å². The van der Waals surface area contributed by atoms with Crippen LogP contribution in [0.3, 0.4) is 0 Å². The van der Waals surface area contributed by atoms with Crippen LogP contribution in [0.4, 0.5) is 0 Å². The highest BCUT2D eigenvalue weighted by Gasteiger charge is 2.47. The van der Waals surface area contributed by atoms with Crippen molar-refractivity contribution in [3.63, 3.8) is 0 Å². The van der Waals surface area contributed by atoms with Gasteiger partial charge >= 0.3 is 0 Å². The fraction of sp³-hybridized carbons (Fsp3) is 0.429. The highest BCUT2D eigenvalue weighted by Crippen LogP contribution is 2.31. The number of nitrogens with two attached hydrogens (primary N) is 1. The molecule has 14 heavy (non-hydrogen) atoms. The minimum absolute atomic E-state index is 0.225. The third kappa shape index (κ3) is 1.05. The Morgan fingerprint density at radius 2 is 2.07 bits per heavy atom. The van der Waals surface area contributed by atoms with Gasteiger partial charge in [0.25, 0.3) is 11.8 Å². The third-order valence-electron chi connectivity index (χ3n) is 2.03. The maximum absolute atomic E-state index is 11.7. The quantitative estimate of drug-likeness (QED) is 0.559. The van der Waals surface area contributed by atoms with E-state index in [4.69, 9.17) is 5.73 Å². The molecule has 0 fully saturated rings. The first kappa shape index (κ1) is 9.20. The smallest absolute Gasteiger partial charge is 0.264 e. The first-order chi connectivity index (χ1) is 6.43. The monoisotopic (exact) mass is 212 g/mol. The van der Waals surface area contributed by atoms with E-state index in [2.05, 4.69) is 10.1 Å². The summed E-state index contributed by atoms with van der Waals surface area (Å²) < 4.78 is 0. The Hall–Kier alpha value is -1.37. The van der Waals surface area contributed by atoms with Crippen molar-refractivity contribution in [2.75, 3.05) is 0 Å². The first-order valence-corrected chi connectivity index (χ1v) is 4.74. The molecule has 7 heteroatoms. The van der Waals surface area contributed by atoms with Gasteiger partial charge in [0, 0.05) is 0 Å². The van der Waals surface area contributed by atoms with Gasteiger partial charge in [0.1, 0.15) is 5.41 Å². The first-order valence-electron chi connectivity index (χ1n) is 3.92. The zero-order valence-electron chi connectivity index (χ0n) is 7.64. The van der Waals surface area contributed by atoms with Crippen LogP contribution in [-0.2, 0) is 9.59 Å². The van der Waals surface area contributed by atoms with Gasteiger partial charge in [-0.3, -0.25) is 9.59 Å². The number of fused-ring (bicyclic) bond motifs is 1. The molecular weight excluding hydrogens is 204 g/mol. The molecule has 0 aromatic carbocycles. The van der Waals surface area contributed by atoms with Crippen LogP contribution in [0.25, 0.3) is 0 Å². The van der Waals surface area contributed by atoms with E-state index in [0.717, 1.165) is 16.8 Å². The number of carbonyl (C=O) groups is 2. The predicted molar refractivity (Wildman–Crippen MR) is 52.3 cm³/mol. The van der Waals surface area contributed by atoms with E-state index in [0.29, 0.717) is 0 Å². The highest BCUT2D eigenvalue weighted by atomic mass is 32.2. The van der Waals surface area contributed by atoms with Crippen molar-refractivity contribution < 1.29 is 9.59 Å². The van der Waals surface area contributed by atoms with Gasteiger partial charge in [0.2, 0.25) is 5.17 Å². The average Bonchev–Trinajstić information content (AvgIpc) is 2.43. The molecule has 0 unspecified atom stereocenters. The Bertz CT molecular complexity index is 398. The second-order valence-corrected chi connectivity index (χ2v) is 4.47. The molecule has 0 aliphatic carbocycles. The fourth-order valence-corrected chi connectivity index (χ4v) is 1.73. The summed E-state index contributed by atoms with van der Waals surface area (Å²) in [6.45, 7) is 3.04. The molecule has 2 rings (SSSR count). The van der Waals surface area contributed by atoms with Crippen molar-refractivity contribution in [3.05, 3.63) is 0 Å². The van der Waals surface area contributed by atoms with E-state index >= 15 is 0 Å². The van der Waals surface area contributed by atoms with Crippen molar-refractivity contribution in [3.8, 4) is 0 Å². The number of amidine groups is 2. The Kier molecular flexibility index (Phi) is 1.69. The summed E-state index contributed by atoms with van der Waals surface area (Å²) in [6, 6.07) is 0. The molecule has 0 spiro atoms. The van der Waals surface area contributed by atoms with Crippen LogP contribution in [0, 0.1) is 5.41 Å². The lowest BCUT2D eigenvalue weighted by Crippen LogP contribution is -2.47. The van der Waals surface area contributed by atoms with Gasteiger partial charge in [-0.25, -0.2) is 0 Å². The van der Waals surface area contributed by atoms with E-state index in [1.54, 1.807) is 0 Å². The van der Waals surface area contributed by atoms with E-state index in [-0.39, 0.29) is 16.2 Å². The molecule has 2 amide bonds. The van der Waals surface area contributed by atoms with Crippen LogP contribution in [-0.4, -0.2) is 27.2 Å². The SMILES string of the molecule is CC1(C)C(=O)N=C2SC(N)=NN2C1=O. The van der Waals surface area contributed by atoms with Crippen LogP contribution in [0.2, 0.25) is 0 Å². The number of thioether (sulfide) groups is 1.